The normalized spacial score (nSPS) is 14.0. The van der Waals surface area contributed by atoms with E-state index in [1.165, 1.54) is 205 Å². The number of phosphoric ester groups is 2. The van der Waals surface area contributed by atoms with Gasteiger partial charge in [-0.15, -0.1) is 0 Å². The third-order valence-electron chi connectivity index (χ3n) is 17.5. The van der Waals surface area contributed by atoms with E-state index in [1.807, 2.05) is 0 Å². The monoisotopic (exact) mass is 1410 g/mol. The molecule has 0 saturated heterocycles. The van der Waals surface area contributed by atoms with Crippen molar-refractivity contribution in [3.05, 3.63) is 24.3 Å². The minimum atomic E-state index is -4.96. The predicted octanol–water partition coefficient (Wildman–Crippen LogP) is 22.6. The number of phosphoric acid groups is 2. The van der Waals surface area contributed by atoms with Gasteiger partial charge in [0.2, 0.25) is 0 Å². The van der Waals surface area contributed by atoms with Gasteiger partial charge in [0.1, 0.15) is 19.3 Å². The topological polar surface area (TPSA) is 237 Å². The van der Waals surface area contributed by atoms with E-state index in [4.69, 9.17) is 37.0 Å². The third-order valence-corrected chi connectivity index (χ3v) is 19.4. The Hall–Kier alpha value is -2.46. The molecule has 0 radical (unpaired) electrons. The minimum absolute atomic E-state index is 0.0861. The third kappa shape index (κ3) is 70.0. The van der Waals surface area contributed by atoms with Crippen molar-refractivity contribution < 1.29 is 80.2 Å². The van der Waals surface area contributed by atoms with Gasteiger partial charge in [0.05, 0.1) is 26.4 Å². The van der Waals surface area contributed by atoms with Crippen LogP contribution in [0.25, 0.3) is 0 Å². The molecule has 0 aromatic carbocycles. The molecule has 17 nitrogen and oxygen atoms in total. The molecule has 566 valence electrons. The van der Waals surface area contributed by atoms with Crippen molar-refractivity contribution in [1.29, 1.82) is 0 Å². The quantitative estimate of drug-likeness (QED) is 0.0169. The highest BCUT2D eigenvalue weighted by atomic mass is 31.2. The number of aliphatic hydroxyl groups is 1. The number of unbranched alkanes of at least 4 members (excludes halogenated alkanes) is 47. The standard InChI is InChI=1S/C77H146O17P2/c1-5-9-13-17-21-25-29-33-36-39-42-46-50-54-58-62-75(80)88-68-73(94-77(82)64-60-56-52-48-44-40-37-34-30-26-22-18-14-10-6-2)70-92-96(85,86)90-66-71(78)65-89-95(83,84)91-69-72(67-87-74(79)61-57-53-49-45-41-32-28-24-20-16-12-8-4)93-76(81)63-59-55-51-47-43-38-35-31-27-23-19-15-11-7-3/h26,30,34,37,71-73,78H,5-25,27-29,31-33,35-36,38-70H2,1-4H3,(H,83,84)(H,85,86)/b30-26-,37-34-/t71-,72+,73+/m0/s1. The fraction of sp³-hybridized carbons (Fsp3) is 0.896. The number of esters is 4. The summed E-state index contributed by atoms with van der Waals surface area (Å²) in [6.07, 6.45) is 64.4. The van der Waals surface area contributed by atoms with Gasteiger partial charge in [0.25, 0.3) is 0 Å². The van der Waals surface area contributed by atoms with E-state index in [0.29, 0.717) is 25.7 Å². The van der Waals surface area contributed by atoms with Gasteiger partial charge in [-0.3, -0.25) is 37.3 Å². The molecule has 19 heteroatoms. The van der Waals surface area contributed by atoms with Crippen LogP contribution in [-0.4, -0.2) is 96.7 Å². The molecule has 3 N–H and O–H groups in total. The van der Waals surface area contributed by atoms with Crippen molar-refractivity contribution in [1.82, 2.24) is 0 Å². The lowest BCUT2D eigenvalue weighted by Crippen LogP contribution is -2.30. The highest BCUT2D eigenvalue weighted by molar-refractivity contribution is 7.47. The van der Waals surface area contributed by atoms with Crippen LogP contribution in [0.2, 0.25) is 0 Å². The van der Waals surface area contributed by atoms with Crippen molar-refractivity contribution in [2.24, 2.45) is 0 Å². The summed E-state index contributed by atoms with van der Waals surface area (Å²) in [6, 6.07) is 0. The number of aliphatic hydroxyl groups excluding tert-OH is 1. The lowest BCUT2D eigenvalue weighted by molar-refractivity contribution is -0.161. The number of carbonyl (C=O) groups excluding carboxylic acids is 4. The Bertz CT molecular complexity index is 1920. The molecule has 0 saturated carbocycles. The van der Waals surface area contributed by atoms with Crippen LogP contribution in [0.1, 0.15) is 387 Å². The van der Waals surface area contributed by atoms with Crippen LogP contribution in [0.5, 0.6) is 0 Å². The van der Waals surface area contributed by atoms with Gasteiger partial charge in [-0.05, 0) is 51.4 Å². The molecule has 0 spiro atoms. The average molecular weight is 1410 g/mol. The lowest BCUT2D eigenvalue weighted by Gasteiger charge is -2.21. The highest BCUT2D eigenvalue weighted by Gasteiger charge is 2.30. The van der Waals surface area contributed by atoms with Crippen LogP contribution in [-0.2, 0) is 65.4 Å². The van der Waals surface area contributed by atoms with E-state index in [1.54, 1.807) is 0 Å². The average Bonchev–Trinajstić information content (AvgIpc) is 1.22. The molecule has 0 rings (SSSR count). The fourth-order valence-corrected chi connectivity index (χ4v) is 13.0. The van der Waals surface area contributed by atoms with E-state index >= 15 is 0 Å². The molecular weight excluding hydrogens is 1260 g/mol. The van der Waals surface area contributed by atoms with Crippen molar-refractivity contribution in [3.63, 3.8) is 0 Å². The minimum Gasteiger partial charge on any atom is -0.462 e. The Morgan fingerprint density at radius 2 is 0.500 bits per heavy atom. The van der Waals surface area contributed by atoms with Crippen LogP contribution in [0.4, 0.5) is 0 Å². The number of ether oxygens (including phenoxy) is 4. The van der Waals surface area contributed by atoms with E-state index in [2.05, 4.69) is 52.0 Å². The number of allylic oxidation sites excluding steroid dienone is 4. The van der Waals surface area contributed by atoms with Gasteiger partial charge in [-0.1, -0.05) is 335 Å². The molecule has 0 aliphatic heterocycles. The number of rotatable bonds is 76. The molecule has 96 heavy (non-hydrogen) atoms. The summed E-state index contributed by atoms with van der Waals surface area (Å²) in [5.41, 5.74) is 0. The molecular formula is C77H146O17P2. The summed E-state index contributed by atoms with van der Waals surface area (Å²) in [4.78, 5) is 72.9. The second-order valence-corrected chi connectivity index (χ2v) is 30.0. The van der Waals surface area contributed by atoms with Crippen molar-refractivity contribution >= 4 is 39.5 Å². The van der Waals surface area contributed by atoms with Crippen LogP contribution >= 0.6 is 15.6 Å². The molecule has 0 amide bonds. The zero-order valence-corrected chi connectivity index (χ0v) is 63.6. The van der Waals surface area contributed by atoms with Gasteiger partial charge in [-0.25, -0.2) is 9.13 Å². The molecule has 0 aromatic rings. The molecule has 0 aliphatic rings. The number of hydrogen-bond donors (Lipinski definition) is 3. The molecule has 0 aliphatic carbocycles. The molecule has 0 bridgehead atoms. The zero-order chi connectivity index (χ0) is 70.4. The summed E-state index contributed by atoms with van der Waals surface area (Å²) in [6.45, 7) is 4.94. The molecule has 5 atom stereocenters. The second kappa shape index (κ2) is 71.0. The molecule has 0 heterocycles. The fourth-order valence-electron chi connectivity index (χ4n) is 11.4. The summed E-state index contributed by atoms with van der Waals surface area (Å²) in [7, 11) is -9.92. The van der Waals surface area contributed by atoms with Crippen LogP contribution in [0.3, 0.4) is 0 Å². The first-order valence-corrected chi connectivity index (χ1v) is 42.6. The summed E-state index contributed by atoms with van der Waals surface area (Å²) >= 11 is 0. The van der Waals surface area contributed by atoms with Crippen LogP contribution in [0.15, 0.2) is 24.3 Å². The first kappa shape index (κ1) is 93.5. The first-order valence-electron chi connectivity index (χ1n) is 39.6. The maximum atomic E-state index is 13.1. The van der Waals surface area contributed by atoms with E-state index in [0.717, 1.165) is 103 Å². The number of hydrogen-bond acceptors (Lipinski definition) is 15. The van der Waals surface area contributed by atoms with E-state index in [9.17, 15) is 43.2 Å². The van der Waals surface area contributed by atoms with Crippen molar-refractivity contribution in [2.75, 3.05) is 39.6 Å². The maximum absolute atomic E-state index is 13.1. The largest absolute Gasteiger partial charge is 0.472 e. The highest BCUT2D eigenvalue weighted by Crippen LogP contribution is 2.45. The van der Waals surface area contributed by atoms with Crippen molar-refractivity contribution in [3.8, 4) is 0 Å². The smallest absolute Gasteiger partial charge is 0.462 e. The molecule has 0 aromatic heterocycles. The summed E-state index contributed by atoms with van der Waals surface area (Å²) in [5, 5.41) is 10.6. The second-order valence-electron chi connectivity index (χ2n) is 27.1. The molecule has 2 unspecified atom stereocenters. The SMILES string of the molecule is CCCCCC/C=C\C=C/CCCCCCCC(=O)O[C@H](COC(=O)CCCCCCCCCCCCCCCCC)COP(=O)(O)OC[C@@H](O)COP(=O)(O)OC[C@@H](COC(=O)CCCCCCCCCCCCCC)OC(=O)CCCCCCCCCCCCCCCC. The zero-order valence-electron chi connectivity index (χ0n) is 61.8. The molecule has 0 fully saturated rings. The van der Waals surface area contributed by atoms with Crippen LogP contribution < -0.4 is 0 Å². The predicted molar refractivity (Wildman–Crippen MR) is 391 cm³/mol. The van der Waals surface area contributed by atoms with Crippen LogP contribution in [0, 0.1) is 0 Å². The van der Waals surface area contributed by atoms with Gasteiger partial charge < -0.3 is 33.8 Å². The Balaban J connectivity index is 5.29. The maximum Gasteiger partial charge on any atom is 0.472 e. The van der Waals surface area contributed by atoms with Gasteiger partial charge in [0, 0.05) is 25.7 Å². The first-order chi connectivity index (χ1) is 46.7. The van der Waals surface area contributed by atoms with E-state index in [-0.39, 0.29) is 25.7 Å². The Labute approximate surface area is 586 Å². The lowest BCUT2D eigenvalue weighted by atomic mass is 10.0. The Morgan fingerprint density at radius 1 is 0.292 bits per heavy atom. The Morgan fingerprint density at radius 3 is 0.760 bits per heavy atom. The van der Waals surface area contributed by atoms with Gasteiger partial charge in [-0.2, -0.15) is 0 Å². The Kier molecular flexibility index (Phi) is 69.1. The summed E-state index contributed by atoms with van der Waals surface area (Å²) < 4.78 is 68.5. The number of carbonyl (C=O) groups is 4. The van der Waals surface area contributed by atoms with Gasteiger partial charge in [0.15, 0.2) is 12.2 Å². The summed E-state index contributed by atoms with van der Waals surface area (Å²) in [5.74, 6) is -2.14. The van der Waals surface area contributed by atoms with Crippen molar-refractivity contribution in [2.45, 2.75) is 406 Å². The van der Waals surface area contributed by atoms with E-state index < -0.39 is 97.5 Å². The van der Waals surface area contributed by atoms with Gasteiger partial charge >= 0.3 is 39.5 Å².